The number of nitrogens with zero attached hydrogens (tertiary/aromatic N) is 2. The number of aryl methyl sites for hydroxylation is 1. The second kappa shape index (κ2) is 5.01. The molecule has 8 heteroatoms. The summed E-state index contributed by atoms with van der Waals surface area (Å²) < 4.78 is 26.7. The third kappa shape index (κ3) is 2.84. The van der Waals surface area contributed by atoms with Gasteiger partial charge in [-0.05, 0) is 19.1 Å². The Morgan fingerprint density at radius 1 is 1.44 bits per heavy atom. The van der Waals surface area contributed by atoms with Crippen LogP contribution in [0.1, 0.15) is 11.4 Å². The van der Waals surface area contributed by atoms with Gasteiger partial charge < -0.3 is 5.73 Å². The molecule has 2 rings (SSSR count). The van der Waals surface area contributed by atoms with E-state index in [4.69, 9.17) is 5.73 Å². The summed E-state index contributed by atoms with van der Waals surface area (Å²) in [5.41, 5.74) is 6.54. The van der Waals surface area contributed by atoms with Gasteiger partial charge in [-0.3, -0.25) is 4.98 Å². The van der Waals surface area contributed by atoms with Gasteiger partial charge in [-0.2, -0.15) is 0 Å². The van der Waals surface area contributed by atoms with Gasteiger partial charge in [-0.1, -0.05) is 17.4 Å². The van der Waals surface area contributed by atoms with Gasteiger partial charge >= 0.3 is 0 Å². The first-order chi connectivity index (χ1) is 8.49. The Bertz CT molecular complexity index is 637. The molecule has 0 fully saturated rings. The molecule has 0 bridgehead atoms. The van der Waals surface area contributed by atoms with Crippen molar-refractivity contribution in [2.75, 3.05) is 5.73 Å². The van der Waals surface area contributed by atoms with Gasteiger partial charge in [0.15, 0.2) is 9.34 Å². The van der Waals surface area contributed by atoms with E-state index in [1.54, 1.807) is 31.3 Å². The van der Waals surface area contributed by atoms with Crippen molar-refractivity contribution in [1.82, 2.24) is 14.7 Å². The van der Waals surface area contributed by atoms with Crippen LogP contribution in [0.2, 0.25) is 0 Å². The second-order valence-corrected chi connectivity index (χ2v) is 6.56. The lowest BCUT2D eigenvalue weighted by Gasteiger charge is -2.04. The van der Waals surface area contributed by atoms with Crippen LogP contribution >= 0.6 is 11.3 Å². The molecular formula is C10H12N4O2S2. The van der Waals surface area contributed by atoms with Crippen LogP contribution in [0, 0.1) is 6.92 Å². The first kappa shape index (κ1) is 12.9. The smallest absolute Gasteiger partial charge is 0.252 e. The molecule has 0 aromatic carbocycles. The maximum Gasteiger partial charge on any atom is 0.252 e. The van der Waals surface area contributed by atoms with Crippen molar-refractivity contribution in [3.8, 4) is 0 Å². The molecule has 2 aromatic rings. The molecule has 0 amide bonds. The third-order valence-corrected chi connectivity index (χ3v) is 5.18. The van der Waals surface area contributed by atoms with Gasteiger partial charge in [-0.25, -0.2) is 18.1 Å². The molecule has 18 heavy (non-hydrogen) atoms. The second-order valence-electron chi connectivity index (χ2n) is 3.57. The first-order valence-corrected chi connectivity index (χ1v) is 7.41. The van der Waals surface area contributed by atoms with Gasteiger partial charge in [0.2, 0.25) is 0 Å². The lowest BCUT2D eigenvalue weighted by Crippen LogP contribution is -2.23. The summed E-state index contributed by atoms with van der Waals surface area (Å²) in [6.45, 7) is 1.75. The van der Waals surface area contributed by atoms with Crippen LogP contribution in [0.3, 0.4) is 0 Å². The Labute approximate surface area is 109 Å². The minimum atomic E-state index is -3.58. The van der Waals surface area contributed by atoms with E-state index in [1.165, 1.54) is 0 Å². The predicted molar refractivity (Wildman–Crippen MR) is 69.5 cm³/mol. The van der Waals surface area contributed by atoms with Crippen molar-refractivity contribution in [3.63, 3.8) is 0 Å². The average Bonchev–Trinajstić information content (AvgIpc) is 2.68. The van der Waals surface area contributed by atoms with Crippen LogP contribution in [-0.4, -0.2) is 18.4 Å². The molecule has 0 radical (unpaired) electrons. The Hall–Kier alpha value is -1.51. The number of nitrogens with one attached hydrogen (secondary N) is 1. The molecule has 0 aliphatic heterocycles. The highest BCUT2D eigenvalue weighted by Crippen LogP contribution is 2.24. The van der Waals surface area contributed by atoms with Gasteiger partial charge in [0.05, 0.1) is 17.9 Å². The predicted octanol–water partition coefficient (Wildman–Crippen LogP) is 0.907. The standard InChI is InChI=1S/C10H12N4O2S2/c1-7-9(17-10(11)14-7)18(15,16)13-6-8-4-2-3-5-12-8/h2-5,13H,6H2,1H3,(H2,11,14). The van der Waals surface area contributed by atoms with E-state index in [2.05, 4.69) is 14.7 Å². The van der Waals surface area contributed by atoms with Crippen molar-refractivity contribution in [1.29, 1.82) is 0 Å². The van der Waals surface area contributed by atoms with Gasteiger partial charge in [0.25, 0.3) is 10.0 Å². The van der Waals surface area contributed by atoms with Gasteiger partial charge in [0, 0.05) is 6.20 Å². The maximum atomic E-state index is 12.0. The topological polar surface area (TPSA) is 98.0 Å². The largest absolute Gasteiger partial charge is 0.375 e. The number of pyridine rings is 1. The molecule has 6 nitrogen and oxygen atoms in total. The highest BCUT2D eigenvalue weighted by atomic mass is 32.2. The SMILES string of the molecule is Cc1nc(N)sc1S(=O)(=O)NCc1ccccn1. The molecule has 0 atom stereocenters. The van der Waals surface area contributed by atoms with Crippen molar-refractivity contribution >= 4 is 26.5 Å². The molecule has 2 heterocycles. The van der Waals surface area contributed by atoms with Crippen LogP contribution in [0.15, 0.2) is 28.6 Å². The number of sulfonamides is 1. The van der Waals surface area contributed by atoms with Crippen LogP contribution in [0.5, 0.6) is 0 Å². The summed E-state index contributed by atoms with van der Waals surface area (Å²) in [7, 11) is -3.58. The zero-order chi connectivity index (χ0) is 13.2. The molecular weight excluding hydrogens is 272 g/mol. The van der Waals surface area contributed by atoms with Crippen LogP contribution < -0.4 is 10.5 Å². The number of rotatable bonds is 4. The van der Waals surface area contributed by atoms with E-state index < -0.39 is 10.0 Å². The molecule has 0 aliphatic carbocycles. The highest BCUT2D eigenvalue weighted by molar-refractivity contribution is 7.91. The Morgan fingerprint density at radius 2 is 2.22 bits per heavy atom. The van der Waals surface area contributed by atoms with E-state index in [-0.39, 0.29) is 15.9 Å². The molecule has 96 valence electrons. The Kier molecular flexibility index (Phi) is 3.60. The highest BCUT2D eigenvalue weighted by Gasteiger charge is 2.20. The normalized spacial score (nSPS) is 11.6. The lowest BCUT2D eigenvalue weighted by atomic mass is 10.4. The molecule has 0 saturated carbocycles. The number of nitrogen functional groups attached to an aromatic ring is 1. The number of thiazole rings is 1. The molecule has 0 saturated heterocycles. The summed E-state index contributed by atoms with van der Waals surface area (Å²) in [4.78, 5) is 7.93. The fraction of sp³-hybridized carbons (Fsp3) is 0.200. The number of aromatic nitrogens is 2. The average molecular weight is 284 g/mol. The number of anilines is 1. The van der Waals surface area contributed by atoms with E-state index in [1.807, 2.05) is 0 Å². The van der Waals surface area contributed by atoms with Crippen molar-refractivity contribution in [2.24, 2.45) is 0 Å². The van der Waals surface area contributed by atoms with Crippen molar-refractivity contribution in [2.45, 2.75) is 17.7 Å². The van der Waals surface area contributed by atoms with Crippen molar-refractivity contribution in [3.05, 3.63) is 35.8 Å². The van der Waals surface area contributed by atoms with Gasteiger partial charge in [0.1, 0.15) is 0 Å². The third-order valence-electron chi connectivity index (χ3n) is 2.18. The van der Waals surface area contributed by atoms with E-state index in [9.17, 15) is 8.42 Å². The van der Waals surface area contributed by atoms with E-state index in [0.717, 1.165) is 11.3 Å². The summed E-state index contributed by atoms with van der Waals surface area (Å²) in [5.74, 6) is 0. The Balaban J connectivity index is 2.16. The summed E-state index contributed by atoms with van der Waals surface area (Å²) in [6.07, 6.45) is 1.61. The quantitative estimate of drug-likeness (QED) is 0.869. The van der Waals surface area contributed by atoms with Crippen LogP contribution in [-0.2, 0) is 16.6 Å². The minimum absolute atomic E-state index is 0.139. The minimum Gasteiger partial charge on any atom is -0.375 e. The lowest BCUT2D eigenvalue weighted by molar-refractivity contribution is 0.582. The molecule has 3 N–H and O–H groups in total. The number of hydrogen-bond acceptors (Lipinski definition) is 6. The summed E-state index contributed by atoms with van der Waals surface area (Å²) in [6, 6.07) is 5.31. The number of nitrogens with two attached hydrogens (primary N) is 1. The van der Waals surface area contributed by atoms with Crippen molar-refractivity contribution < 1.29 is 8.42 Å². The molecule has 0 unspecified atom stereocenters. The fourth-order valence-corrected chi connectivity index (χ4v) is 3.73. The van der Waals surface area contributed by atoms with Crippen LogP contribution in [0.25, 0.3) is 0 Å². The maximum absolute atomic E-state index is 12.0. The monoisotopic (exact) mass is 284 g/mol. The van der Waals surface area contributed by atoms with E-state index in [0.29, 0.717) is 11.4 Å². The van der Waals surface area contributed by atoms with Gasteiger partial charge in [-0.15, -0.1) is 0 Å². The zero-order valence-corrected chi connectivity index (χ0v) is 11.3. The molecule has 0 aliphatic rings. The Morgan fingerprint density at radius 3 is 2.78 bits per heavy atom. The summed E-state index contributed by atoms with van der Waals surface area (Å²) >= 11 is 0.952. The molecule has 2 aromatic heterocycles. The first-order valence-electron chi connectivity index (χ1n) is 5.11. The summed E-state index contributed by atoms with van der Waals surface area (Å²) in [5, 5.41) is 0.241. The molecule has 0 spiro atoms. The fourth-order valence-electron chi connectivity index (χ4n) is 1.39. The number of hydrogen-bond donors (Lipinski definition) is 2. The van der Waals surface area contributed by atoms with E-state index >= 15 is 0 Å². The zero-order valence-electron chi connectivity index (χ0n) is 9.62. The van der Waals surface area contributed by atoms with Crippen LogP contribution in [0.4, 0.5) is 5.13 Å².